The number of ether oxygens (including phenoxy) is 1. The van der Waals surface area contributed by atoms with Crippen molar-refractivity contribution in [2.45, 2.75) is 32.2 Å². The Hall–Kier alpha value is -2.87. The lowest BCUT2D eigenvalue weighted by atomic mass is 10.1. The Kier molecular flexibility index (Phi) is 5.69. The summed E-state index contributed by atoms with van der Waals surface area (Å²) < 4.78 is 46.3. The molecule has 0 aliphatic carbocycles. The van der Waals surface area contributed by atoms with Crippen LogP contribution in [0.25, 0.3) is 11.0 Å². The van der Waals surface area contributed by atoms with Crippen LogP contribution in [0.3, 0.4) is 0 Å². The Balaban J connectivity index is 1.71. The van der Waals surface area contributed by atoms with E-state index in [1.54, 1.807) is 43.3 Å². The first-order valence-corrected chi connectivity index (χ1v) is 8.76. The third-order valence-electron chi connectivity index (χ3n) is 4.24. The van der Waals surface area contributed by atoms with Crippen molar-refractivity contribution in [2.75, 3.05) is 6.61 Å². The molecular weight excluding hydrogens is 373 g/mol. The Morgan fingerprint density at radius 1 is 1.18 bits per heavy atom. The summed E-state index contributed by atoms with van der Waals surface area (Å²) in [5.74, 6) is -0.647. The lowest BCUT2D eigenvalue weighted by molar-refractivity contribution is -0.147. The average Bonchev–Trinajstić information content (AvgIpc) is 3.05. The van der Waals surface area contributed by atoms with Crippen LogP contribution in [0.1, 0.15) is 29.5 Å². The second-order valence-electron chi connectivity index (χ2n) is 6.30. The first-order valence-electron chi connectivity index (χ1n) is 8.76. The molecule has 1 aromatic heterocycles. The molecule has 0 amide bonds. The van der Waals surface area contributed by atoms with E-state index in [1.165, 1.54) is 12.1 Å². The standard InChI is InChI=1S/C20H19F3N2O3/c1-2-18(27)13-7-9-15(10-8-13)28-12-14(26)11-25-17-6-4-3-5-16(17)24-19(25)20(21,22)23/h3-10,14,26H,2,11-12H2,1H3/t14-/m0/s1. The number of rotatable bonds is 7. The van der Waals surface area contributed by atoms with E-state index in [0.717, 1.165) is 4.57 Å². The number of halogens is 3. The highest BCUT2D eigenvalue weighted by atomic mass is 19.4. The number of aromatic nitrogens is 2. The molecule has 0 spiro atoms. The Labute approximate surface area is 159 Å². The Bertz CT molecular complexity index is 965. The van der Waals surface area contributed by atoms with Crippen LogP contribution in [0.15, 0.2) is 48.5 Å². The molecule has 8 heteroatoms. The maximum absolute atomic E-state index is 13.3. The van der Waals surface area contributed by atoms with Gasteiger partial charge in [-0.3, -0.25) is 4.79 Å². The summed E-state index contributed by atoms with van der Waals surface area (Å²) in [5.41, 5.74) is 1.05. The van der Waals surface area contributed by atoms with Gasteiger partial charge in [-0.05, 0) is 36.4 Å². The molecule has 1 N–H and O–H groups in total. The molecule has 2 aromatic carbocycles. The largest absolute Gasteiger partial charge is 0.491 e. The third kappa shape index (κ3) is 4.33. The van der Waals surface area contributed by atoms with Gasteiger partial charge in [0, 0.05) is 12.0 Å². The zero-order valence-corrected chi connectivity index (χ0v) is 15.1. The highest BCUT2D eigenvalue weighted by Gasteiger charge is 2.37. The molecule has 0 aliphatic rings. The molecule has 5 nitrogen and oxygen atoms in total. The molecule has 3 rings (SSSR count). The molecule has 0 radical (unpaired) electrons. The van der Waals surface area contributed by atoms with Gasteiger partial charge in [0.1, 0.15) is 18.5 Å². The number of ketones is 1. The molecule has 1 heterocycles. The van der Waals surface area contributed by atoms with Gasteiger partial charge in [0.15, 0.2) is 5.78 Å². The lowest BCUT2D eigenvalue weighted by Crippen LogP contribution is -2.26. The molecular formula is C20H19F3N2O3. The van der Waals surface area contributed by atoms with Crippen LogP contribution in [0.5, 0.6) is 5.75 Å². The molecule has 0 saturated heterocycles. The predicted octanol–water partition coefficient (Wildman–Crippen LogP) is 4.09. The summed E-state index contributed by atoms with van der Waals surface area (Å²) in [7, 11) is 0. The van der Waals surface area contributed by atoms with Crippen LogP contribution in [0.4, 0.5) is 13.2 Å². The Morgan fingerprint density at radius 3 is 2.50 bits per heavy atom. The van der Waals surface area contributed by atoms with Gasteiger partial charge >= 0.3 is 6.18 Å². The number of Topliss-reactive ketones (excluding diaryl/α,β-unsaturated/α-hetero) is 1. The van der Waals surface area contributed by atoms with Crippen LogP contribution in [0, 0.1) is 0 Å². The summed E-state index contributed by atoms with van der Waals surface area (Å²) in [6.45, 7) is 1.24. The van der Waals surface area contributed by atoms with Crippen molar-refractivity contribution < 1.29 is 27.8 Å². The molecule has 28 heavy (non-hydrogen) atoms. The van der Waals surface area contributed by atoms with Gasteiger partial charge in [-0.25, -0.2) is 4.98 Å². The van der Waals surface area contributed by atoms with Crippen molar-refractivity contribution >= 4 is 16.8 Å². The average molecular weight is 392 g/mol. The number of hydrogen-bond acceptors (Lipinski definition) is 4. The van der Waals surface area contributed by atoms with Crippen molar-refractivity contribution in [3.8, 4) is 5.75 Å². The molecule has 0 bridgehead atoms. The smallest absolute Gasteiger partial charge is 0.449 e. The first-order chi connectivity index (χ1) is 13.3. The van der Waals surface area contributed by atoms with Crippen molar-refractivity contribution in [1.82, 2.24) is 9.55 Å². The second-order valence-corrected chi connectivity index (χ2v) is 6.30. The van der Waals surface area contributed by atoms with Crippen LogP contribution in [0.2, 0.25) is 0 Å². The minimum atomic E-state index is -4.64. The van der Waals surface area contributed by atoms with Crippen LogP contribution in [-0.4, -0.2) is 33.2 Å². The minimum Gasteiger partial charge on any atom is -0.491 e. The van der Waals surface area contributed by atoms with Gasteiger partial charge in [0.05, 0.1) is 17.6 Å². The molecule has 148 valence electrons. The fourth-order valence-corrected chi connectivity index (χ4v) is 2.87. The van der Waals surface area contributed by atoms with Crippen LogP contribution >= 0.6 is 0 Å². The molecule has 0 aliphatic heterocycles. The van der Waals surface area contributed by atoms with Gasteiger partial charge in [-0.15, -0.1) is 0 Å². The third-order valence-corrected chi connectivity index (χ3v) is 4.24. The number of carbonyl (C=O) groups excluding carboxylic acids is 1. The normalized spacial score (nSPS) is 12.9. The number of carbonyl (C=O) groups is 1. The van der Waals surface area contributed by atoms with E-state index in [9.17, 15) is 23.1 Å². The summed E-state index contributed by atoms with van der Waals surface area (Å²) in [6.07, 6.45) is -5.43. The quantitative estimate of drug-likeness (QED) is 0.615. The van der Waals surface area contributed by atoms with E-state index in [4.69, 9.17) is 4.74 Å². The summed E-state index contributed by atoms with van der Waals surface area (Å²) in [6, 6.07) is 12.6. The SMILES string of the molecule is CCC(=O)c1ccc(OC[C@@H](O)Cn2c(C(F)(F)F)nc3ccccc32)cc1. The number of alkyl halides is 3. The van der Waals surface area contributed by atoms with E-state index < -0.39 is 18.1 Å². The summed E-state index contributed by atoms with van der Waals surface area (Å²) in [5, 5.41) is 10.2. The zero-order chi connectivity index (χ0) is 20.3. The van der Waals surface area contributed by atoms with Crippen LogP contribution in [-0.2, 0) is 12.7 Å². The van der Waals surface area contributed by atoms with E-state index >= 15 is 0 Å². The van der Waals surface area contributed by atoms with Crippen LogP contribution < -0.4 is 4.74 Å². The maximum Gasteiger partial charge on any atom is 0.449 e. The lowest BCUT2D eigenvalue weighted by Gasteiger charge is -2.16. The van der Waals surface area contributed by atoms with Gasteiger partial charge in [-0.2, -0.15) is 13.2 Å². The number of fused-ring (bicyclic) bond motifs is 1. The molecule has 0 saturated carbocycles. The molecule has 3 aromatic rings. The Morgan fingerprint density at radius 2 is 1.86 bits per heavy atom. The van der Waals surface area contributed by atoms with E-state index in [2.05, 4.69) is 4.98 Å². The van der Waals surface area contributed by atoms with Gasteiger partial charge in [-0.1, -0.05) is 19.1 Å². The fourth-order valence-electron chi connectivity index (χ4n) is 2.87. The monoisotopic (exact) mass is 392 g/mol. The number of para-hydroxylation sites is 2. The number of hydrogen-bond donors (Lipinski definition) is 1. The van der Waals surface area contributed by atoms with Crippen molar-refractivity contribution in [1.29, 1.82) is 0 Å². The number of aliphatic hydroxyl groups is 1. The predicted molar refractivity (Wildman–Crippen MR) is 97.3 cm³/mol. The molecule has 0 fully saturated rings. The van der Waals surface area contributed by atoms with Crippen molar-refractivity contribution in [3.63, 3.8) is 0 Å². The minimum absolute atomic E-state index is 0.00162. The van der Waals surface area contributed by atoms with Crippen molar-refractivity contribution in [3.05, 3.63) is 59.9 Å². The maximum atomic E-state index is 13.3. The number of aliphatic hydroxyl groups excluding tert-OH is 1. The first kappa shape index (κ1) is 19.9. The van der Waals surface area contributed by atoms with Gasteiger partial charge < -0.3 is 14.4 Å². The summed E-state index contributed by atoms with van der Waals surface area (Å²) in [4.78, 5) is 15.3. The number of benzene rings is 2. The topological polar surface area (TPSA) is 64.3 Å². The second kappa shape index (κ2) is 8.02. The van der Waals surface area contributed by atoms with Gasteiger partial charge in [0.25, 0.3) is 0 Å². The zero-order valence-electron chi connectivity index (χ0n) is 15.1. The number of nitrogens with zero attached hydrogens (tertiary/aromatic N) is 2. The van der Waals surface area contributed by atoms with Crippen molar-refractivity contribution in [2.24, 2.45) is 0 Å². The highest BCUT2D eigenvalue weighted by molar-refractivity contribution is 5.95. The summed E-state index contributed by atoms with van der Waals surface area (Å²) >= 11 is 0. The molecule has 1 atom stereocenters. The van der Waals surface area contributed by atoms with E-state index in [1.807, 2.05) is 0 Å². The molecule has 0 unspecified atom stereocenters. The van der Waals surface area contributed by atoms with E-state index in [-0.39, 0.29) is 30.0 Å². The van der Waals surface area contributed by atoms with Gasteiger partial charge in [0.2, 0.25) is 5.82 Å². The highest BCUT2D eigenvalue weighted by Crippen LogP contribution is 2.31. The number of imidazole rings is 1. The fraction of sp³-hybridized carbons (Fsp3) is 0.300. The van der Waals surface area contributed by atoms with E-state index in [0.29, 0.717) is 17.7 Å².